The average molecular weight is 350 g/mol. The van der Waals surface area contributed by atoms with E-state index in [4.69, 9.17) is 10.2 Å². The van der Waals surface area contributed by atoms with Crippen molar-refractivity contribution in [3.8, 4) is 0 Å². The van der Waals surface area contributed by atoms with Crippen LogP contribution in [0.4, 0.5) is 0 Å². The van der Waals surface area contributed by atoms with Gasteiger partial charge in [-0.3, -0.25) is 0 Å². The molecule has 24 heavy (non-hydrogen) atoms. The number of hydrogen-bond donors (Lipinski definition) is 2. The zero-order valence-electron chi connectivity index (χ0n) is 13.4. The maximum Gasteiger partial charge on any atom is 0.336 e. The van der Waals surface area contributed by atoms with E-state index >= 15 is 0 Å². The molecule has 1 atom stereocenters. The maximum absolute atomic E-state index is 12.7. The lowest BCUT2D eigenvalue weighted by molar-refractivity contribution is 0.294. The number of nitrogens with one attached hydrogen (secondary N) is 1. The summed E-state index contributed by atoms with van der Waals surface area (Å²) in [4.78, 5) is 11.4. The lowest BCUT2D eigenvalue weighted by Crippen LogP contribution is -2.45. The fourth-order valence-corrected chi connectivity index (χ4v) is 4.71. The van der Waals surface area contributed by atoms with E-state index in [1.165, 1.54) is 30.7 Å². The van der Waals surface area contributed by atoms with Gasteiger partial charge in [-0.15, -0.1) is 0 Å². The molecular formula is C17H22N2O4S. The quantitative estimate of drug-likeness (QED) is 0.803. The van der Waals surface area contributed by atoms with Crippen molar-refractivity contribution in [3.63, 3.8) is 0 Å². The minimum absolute atomic E-state index is 0.151. The first-order valence-corrected chi connectivity index (χ1v) is 9.74. The lowest BCUT2D eigenvalue weighted by atomic mass is 9.84. The van der Waals surface area contributed by atoms with E-state index in [1.807, 2.05) is 0 Å². The predicted molar refractivity (Wildman–Crippen MR) is 92.2 cm³/mol. The number of rotatable bonds is 5. The van der Waals surface area contributed by atoms with Gasteiger partial charge in [0.25, 0.3) is 0 Å². The summed E-state index contributed by atoms with van der Waals surface area (Å²) in [6, 6.07) is 7.04. The van der Waals surface area contributed by atoms with Gasteiger partial charge in [-0.1, -0.05) is 19.3 Å². The minimum atomic E-state index is -3.67. The summed E-state index contributed by atoms with van der Waals surface area (Å²) in [6.07, 6.45) is 5.47. The molecule has 0 radical (unpaired) electrons. The van der Waals surface area contributed by atoms with Gasteiger partial charge in [0.2, 0.25) is 10.0 Å². The standard InChI is InChI=1S/C17H22N2O4S/c18-11-15(12-4-2-1-3-5-12)19-24(21,22)14-7-8-16-13(10-14)6-9-17(20)23-16/h6-10,12,15,19H,1-5,11,18H2. The molecule has 1 saturated carbocycles. The summed E-state index contributed by atoms with van der Waals surface area (Å²) in [6.45, 7) is 0.284. The molecule has 1 unspecified atom stereocenters. The number of fused-ring (bicyclic) bond motifs is 1. The van der Waals surface area contributed by atoms with Crippen molar-refractivity contribution in [3.05, 3.63) is 40.8 Å². The molecule has 0 spiro atoms. The Bertz CT molecular complexity index is 870. The van der Waals surface area contributed by atoms with Crippen LogP contribution in [0.3, 0.4) is 0 Å². The summed E-state index contributed by atoms with van der Waals surface area (Å²) in [7, 11) is -3.67. The van der Waals surface area contributed by atoms with Crippen LogP contribution in [0, 0.1) is 5.92 Å². The molecule has 130 valence electrons. The number of sulfonamides is 1. The summed E-state index contributed by atoms with van der Waals surface area (Å²) >= 11 is 0. The zero-order valence-corrected chi connectivity index (χ0v) is 14.2. The topological polar surface area (TPSA) is 102 Å². The van der Waals surface area contributed by atoms with Crippen molar-refractivity contribution in [2.24, 2.45) is 11.7 Å². The Kier molecular flexibility index (Phi) is 5.03. The van der Waals surface area contributed by atoms with Gasteiger partial charge >= 0.3 is 5.63 Å². The zero-order chi connectivity index (χ0) is 17.2. The number of nitrogens with two attached hydrogens (primary N) is 1. The molecule has 0 aliphatic heterocycles. The molecule has 3 rings (SSSR count). The molecule has 1 aromatic carbocycles. The summed E-state index contributed by atoms with van der Waals surface area (Å²) < 4.78 is 33.2. The monoisotopic (exact) mass is 350 g/mol. The minimum Gasteiger partial charge on any atom is -0.423 e. The van der Waals surface area contributed by atoms with E-state index in [9.17, 15) is 13.2 Å². The van der Waals surface area contributed by atoms with Crippen molar-refractivity contribution < 1.29 is 12.8 Å². The molecule has 0 bridgehead atoms. The highest BCUT2D eigenvalue weighted by Gasteiger charge is 2.27. The Morgan fingerprint density at radius 3 is 2.62 bits per heavy atom. The predicted octanol–water partition coefficient (Wildman–Crippen LogP) is 1.98. The van der Waals surface area contributed by atoms with E-state index in [0.29, 0.717) is 11.0 Å². The lowest BCUT2D eigenvalue weighted by Gasteiger charge is -2.29. The van der Waals surface area contributed by atoms with Crippen molar-refractivity contribution in [2.45, 2.75) is 43.0 Å². The third kappa shape index (κ3) is 3.68. The molecule has 7 heteroatoms. The van der Waals surface area contributed by atoms with Crippen LogP contribution in [0.1, 0.15) is 32.1 Å². The van der Waals surface area contributed by atoms with Crippen LogP contribution in [-0.2, 0) is 10.0 Å². The largest absolute Gasteiger partial charge is 0.423 e. The molecule has 2 aromatic rings. The summed E-state index contributed by atoms with van der Waals surface area (Å²) in [5, 5.41) is 0.569. The summed E-state index contributed by atoms with van der Waals surface area (Å²) in [5.74, 6) is 0.289. The van der Waals surface area contributed by atoms with Gasteiger partial charge < -0.3 is 10.2 Å². The molecule has 1 fully saturated rings. The Labute approximate surface area is 141 Å². The van der Waals surface area contributed by atoms with Crippen LogP contribution in [0.5, 0.6) is 0 Å². The Morgan fingerprint density at radius 1 is 1.17 bits per heavy atom. The van der Waals surface area contributed by atoms with Crippen LogP contribution in [-0.4, -0.2) is 21.0 Å². The van der Waals surface area contributed by atoms with Crippen LogP contribution in [0.2, 0.25) is 0 Å². The van der Waals surface area contributed by atoms with Crippen molar-refractivity contribution in [2.75, 3.05) is 6.54 Å². The second kappa shape index (κ2) is 7.04. The molecule has 0 amide bonds. The normalized spacial score (nSPS) is 17.9. The van der Waals surface area contributed by atoms with Gasteiger partial charge in [-0.05, 0) is 43.0 Å². The second-order valence-electron chi connectivity index (χ2n) is 6.32. The first-order valence-electron chi connectivity index (χ1n) is 8.26. The molecule has 0 saturated heterocycles. The van der Waals surface area contributed by atoms with Crippen LogP contribution >= 0.6 is 0 Å². The molecule has 1 aromatic heterocycles. The fourth-order valence-electron chi connectivity index (χ4n) is 3.36. The first kappa shape index (κ1) is 17.1. The first-order chi connectivity index (χ1) is 11.5. The molecule has 1 aliphatic carbocycles. The van der Waals surface area contributed by atoms with Gasteiger partial charge in [0.1, 0.15) is 5.58 Å². The van der Waals surface area contributed by atoms with E-state index in [0.717, 1.165) is 25.7 Å². The highest BCUT2D eigenvalue weighted by Crippen LogP contribution is 2.27. The van der Waals surface area contributed by atoms with Crippen molar-refractivity contribution in [1.82, 2.24) is 4.72 Å². The second-order valence-corrected chi connectivity index (χ2v) is 8.03. The van der Waals surface area contributed by atoms with Gasteiger partial charge in [-0.25, -0.2) is 17.9 Å². The maximum atomic E-state index is 12.7. The Hall–Kier alpha value is -1.70. The smallest absolute Gasteiger partial charge is 0.336 e. The summed E-state index contributed by atoms with van der Waals surface area (Å²) in [5.41, 5.74) is 5.72. The van der Waals surface area contributed by atoms with Crippen molar-refractivity contribution >= 4 is 21.0 Å². The van der Waals surface area contributed by atoms with Gasteiger partial charge in [0.15, 0.2) is 0 Å². The molecule has 6 nitrogen and oxygen atoms in total. The van der Waals surface area contributed by atoms with Crippen molar-refractivity contribution in [1.29, 1.82) is 0 Å². The highest BCUT2D eigenvalue weighted by molar-refractivity contribution is 7.89. The number of hydrogen-bond acceptors (Lipinski definition) is 5. The third-order valence-corrected chi connectivity index (χ3v) is 6.17. The molecule has 1 heterocycles. The Balaban J connectivity index is 1.86. The molecule has 1 aliphatic rings. The molecule has 3 N–H and O–H groups in total. The van der Waals surface area contributed by atoms with E-state index in [2.05, 4.69) is 4.72 Å². The van der Waals surface area contributed by atoms with Crippen LogP contribution in [0.15, 0.2) is 44.4 Å². The van der Waals surface area contributed by atoms with Crippen LogP contribution < -0.4 is 16.1 Å². The average Bonchev–Trinajstić information content (AvgIpc) is 2.60. The van der Waals surface area contributed by atoms with Gasteiger partial charge in [0, 0.05) is 24.0 Å². The highest BCUT2D eigenvalue weighted by atomic mass is 32.2. The van der Waals surface area contributed by atoms with E-state index in [1.54, 1.807) is 6.07 Å². The van der Waals surface area contributed by atoms with E-state index in [-0.39, 0.29) is 23.4 Å². The Morgan fingerprint density at radius 2 is 1.92 bits per heavy atom. The molecular weight excluding hydrogens is 328 g/mol. The fraction of sp³-hybridized carbons (Fsp3) is 0.471. The van der Waals surface area contributed by atoms with Crippen LogP contribution in [0.25, 0.3) is 11.0 Å². The number of benzene rings is 1. The SMILES string of the molecule is NCC(NS(=O)(=O)c1ccc2oc(=O)ccc2c1)C1CCCCC1. The van der Waals surface area contributed by atoms with Gasteiger partial charge in [0.05, 0.1) is 4.90 Å². The van der Waals surface area contributed by atoms with E-state index < -0.39 is 15.6 Å². The van der Waals surface area contributed by atoms with Gasteiger partial charge in [-0.2, -0.15) is 0 Å². The third-order valence-electron chi connectivity index (χ3n) is 4.68.